The topological polar surface area (TPSA) is 47.4 Å². The molecular weight excluding hydrogens is 298 g/mol. The molecule has 0 aliphatic rings. The molecule has 1 aromatic heterocycles. The molecule has 1 rings (SSSR count). The van der Waals surface area contributed by atoms with Crippen LogP contribution in [0.5, 0.6) is 0 Å². The molecule has 0 spiro atoms. The third-order valence-electron chi connectivity index (χ3n) is 2.42. The van der Waals surface area contributed by atoms with Gasteiger partial charge in [-0.05, 0) is 43.6 Å². The number of carbonyl (C=O) groups excluding carboxylic acids is 1. The van der Waals surface area contributed by atoms with E-state index in [9.17, 15) is 4.79 Å². The number of carbonyl (C=O) groups is 1. The first-order valence-corrected chi connectivity index (χ1v) is 6.53. The second-order valence-electron chi connectivity index (χ2n) is 5.31. The van der Waals surface area contributed by atoms with Crippen molar-refractivity contribution in [2.45, 2.75) is 39.8 Å². The van der Waals surface area contributed by atoms with Gasteiger partial charge in [0.25, 0.3) is 0 Å². The molecule has 1 aromatic rings. The van der Waals surface area contributed by atoms with Gasteiger partial charge in [0.1, 0.15) is 5.60 Å². The van der Waals surface area contributed by atoms with E-state index in [0.29, 0.717) is 6.54 Å². The average molecular weight is 318 g/mol. The Morgan fingerprint density at radius 3 is 2.44 bits per heavy atom. The minimum absolute atomic E-state index is 0.349. The monoisotopic (exact) mass is 317 g/mol. The Hall–Kier alpha value is -1.04. The van der Waals surface area contributed by atoms with Crippen LogP contribution in [0.2, 0.25) is 0 Å². The number of halogens is 1. The molecule has 0 atom stereocenters. The lowest BCUT2D eigenvalue weighted by Crippen LogP contribution is -2.34. The fourth-order valence-corrected chi connectivity index (χ4v) is 1.84. The number of ether oxygens (including phenoxy) is 1. The molecule has 1 heterocycles. The molecule has 0 radical (unpaired) electrons. The van der Waals surface area contributed by atoms with Crippen LogP contribution in [0.25, 0.3) is 0 Å². The summed E-state index contributed by atoms with van der Waals surface area (Å²) in [5.41, 5.74) is 1.37. The van der Waals surface area contributed by atoms with E-state index in [1.165, 1.54) is 4.90 Å². The third kappa shape index (κ3) is 3.73. The SMILES string of the molecule is Cc1c(Br)c(CN(C)C(=O)OC(C)(C)C)nn1C. The van der Waals surface area contributed by atoms with Gasteiger partial charge in [0, 0.05) is 19.8 Å². The fraction of sp³-hybridized carbons (Fsp3) is 0.667. The lowest BCUT2D eigenvalue weighted by molar-refractivity contribution is 0.0282. The summed E-state index contributed by atoms with van der Waals surface area (Å²) < 4.78 is 8.00. The van der Waals surface area contributed by atoms with E-state index in [0.717, 1.165) is 15.9 Å². The molecule has 0 aliphatic carbocycles. The highest BCUT2D eigenvalue weighted by Gasteiger charge is 2.21. The second kappa shape index (κ2) is 5.30. The standard InChI is InChI=1S/C12H20BrN3O2/c1-8-10(13)9(14-16(8)6)7-15(5)11(17)18-12(2,3)4/h7H2,1-6H3. The molecular formula is C12H20BrN3O2. The maximum absolute atomic E-state index is 11.8. The maximum Gasteiger partial charge on any atom is 0.410 e. The van der Waals surface area contributed by atoms with Crippen LogP contribution in [0, 0.1) is 6.92 Å². The number of aromatic nitrogens is 2. The van der Waals surface area contributed by atoms with Crippen molar-refractivity contribution in [3.8, 4) is 0 Å². The van der Waals surface area contributed by atoms with Crippen molar-refractivity contribution in [2.75, 3.05) is 7.05 Å². The molecule has 102 valence electrons. The number of amides is 1. The van der Waals surface area contributed by atoms with Gasteiger partial charge in [-0.1, -0.05) is 0 Å². The van der Waals surface area contributed by atoms with Gasteiger partial charge in [-0.15, -0.1) is 0 Å². The first-order valence-electron chi connectivity index (χ1n) is 5.74. The van der Waals surface area contributed by atoms with Gasteiger partial charge in [-0.2, -0.15) is 5.10 Å². The average Bonchev–Trinajstić information content (AvgIpc) is 2.44. The van der Waals surface area contributed by atoms with Gasteiger partial charge < -0.3 is 9.64 Å². The first-order chi connectivity index (χ1) is 8.11. The predicted octanol–water partition coefficient (Wildman–Crippen LogP) is 2.86. The summed E-state index contributed by atoms with van der Waals surface area (Å²) in [7, 11) is 3.57. The maximum atomic E-state index is 11.8. The second-order valence-corrected chi connectivity index (χ2v) is 6.10. The van der Waals surface area contributed by atoms with Gasteiger partial charge in [0.15, 0.2) is 0 Å². The predicted molar refractivity (Wildman–Crippen MR) is 73.3 cm³/mol. The number of nitrogens with zero attached hydrogens (tertiary/aromatic N) is 3. The van der Waals surface area contributed by atoms with Crippen LogP contribution in [-0.4, -0.2) is 33.4 Å². The van der Waals surface area contributed by atoms with E-state index in [2.05, 4.69) is 21.0 Å². The molecule has 0 N–H and O–H groups in total. The summed E-state index contributed by atoms with van der Waals surface area (Å²) >= 11 is 3.48. The molecule has 0 aromatic carbocycles. The summed E-state index contributed by atoms with van der Waals surface area (Å²) in [6.07, 6.45) is -0.349. The van der Waals surface area contributed by atoms with E-state index in [1.807, 2.05) is 34.7 Å². The minimum atomic E-state index is -0.484. The van der Waals surface area contributed by atoms with Crippen molar-refractivity contribution in [3.63, 3.8) is 0 Å². The highest BCUT2D eigenvalue weighted by molar-refractivity contribution is 9.10. The Kier molecular flexibility index (Phi) is 4.42. The van der Waals surface area contributed by atoms with Crippen molar-refractivity contribution in [2.24, 2.45) is 7.05 Å². The van der Waals surface area contributed by atoms with Crippen molar-refractivity contribution < 1.29 is 9.53 Å². The Bertz CT molecular complexity index is 449. The third-order valence-corrected chi connectivity index (χ3v) is 3.45. The molecule has 0 bridgehead atoms. The molecule has 0 saturated heterocycles. The highest BCUT2D eigenvalue weighted by Crippen LogP contribution is 2.21. The van der Waals surface area contributed by atoms with Gasteiger partial charge in [-0.25, -0.2) is 4.79 Å². The Morgan fingerprint density at radius 1 is 1.50 bits per heavy atom. The highest BCUT2D eigenvalue weighted by atomic mass is 79.9. The molecule has 6 heteroatoms. The molecule has 1 amide bonds. The van der Waals surface area contributed by atoms with Crippen LogP contribution in [-0.2, 0) is 18.3 Å². The number of hydrogen-bond donors (Lipinski definition) is 0. The van der Waals surface area contributed by atoms with Crippen LogP contribution in [0.4, 0.5) is 4.79 Å². The largest absolute Gasteiger partial charge is 0.444 e. The zero-order valence-electron chi connectivity index (χ0n) is 11.7. The zero-order chi connectivity index (χ0) is 14.1. The Labute approximate surface area is 116 Å². The van der Waals surface area contributed by atoms with E-state index in [4.69, 9.17) is 4.74 Å². The molecule has 0 saturated carbocycles. The lowest BCUT2D eigenvalue weighted by Gasteiger charge is -2.24. The van der Waals surface area contributed by atoms with Gasteiger partial charge in [0.2, 0.25) is 0 Å². The van der Waals surface area contributed by atoms with Crippen molar-refractivity contribution in [1.82, 2.24) is 14.7 Å². The smallest absolute Gasteiger partial charge is 0.410 e. The lowest BCUT2D eigenvalue weighted by atomic mass is 10.2. The van der Waals surface area contributed by atoms with Crippen LogP contribution in [0.3, 0.4) is 0 Å². The van der Waals surface area contributed by atoms with E-state index < -0.39 is 5.60 Å². The van der Waals surface area contributed by atoms with Crippen molar-refractivity contribution in [3.05, 3.63) is 15.9 Å². The Balaban J connectivity index is 2.73. The van der Waals surface area contributed by atoms with Crippen LogP contribution >= 0.6 is 15.9 Å². The molecule has 5 nitrogen and oxygen atoms in total. The minimum Gasteiger partial charge on any atom is -0.444 e. The normalized spacial score (nSPS) is 11.5. The number of aryl methyl sites for hydroxylation is 1. The van der Waals surface area contributed by atoms with E-state index >= 15 is 0 Å². The molecule has 0 aliphatic heterocycles. The van der Waals surface area contributed by atoms with Crippen LogP contribution in [0.15, 0.2) is 4.47 Å². The first kappa shape index (κ1) is 15.0. The molecule has 0 fully saturated rings. The van der Waals surface area contributed by atoms with Crippen molar-refractivity contribution in [1.29, 1.82) is 0 Å². The van der Waals surface area contributed by atoms with E-state index in [-0.39, 0.29) is 6.09 Å². The summed E-state index contributed by atoms with van der Waals surface area (Å²) in [6, 6.07) is 0. The van der Waals surface area contributed by atoms with Gasteiger partial charge in [0.05, 0.1) is 16.7 Å². The summed E-state index contributed by atoms with van der Waals surface area (Å²) in [5, 5.41) is 4.35. The summed E-state index contributed by atoms with van der Waals surface area (Å²) in [4.78, 5) is 13.3. The molecule has 0 unspecified atom stereocenters. The Morgan fingerprint density at radius 2 is 2.06 bits per heavy atom. The summed E-state index contributed by atoms with van der Waals surface area (Å²) in [6.45, 7) is 7.92. The summed E-state index contributed by atoms with van der Waals surface area (Å²) in [5.74, 6) is 0. The van der Waals surface area contributed by atoms with Gasteiger partial charge in [-0.3, -0.25) is 4.68 Å². The quantitative estimate of drug-likeness (QED) is 0.842. The number of hydrogen-bond acceptors (Lipinski definition) is 3. The fourth-order valence-electron chi connectivity index (χ4n) is 1.38. The number of rotatable bonds is 2. The zero-order valence-corrected chi connectivity index (χ0v) is 13.3. The van der Waals surface area contributed by atoms with Crippen LogP contribution in [0.1, 0.15) is 32.2 Å². The molecule has 18 heavy (non-hydrogen) atoms. The van der Waals surface area contributed by atoms with Crippen molar-refractivity contribution >= 4 is 22.0 Å². The van der Waals surface area contributed by atoms with Crippen LogP contribution < -0.4 is 0 Å². The van der Waals surface area contributed by atoms with Gasteiger partial charge >= 0.3 is 6.09 Å². The van der Waals surface area contributed by atoms with E-state index in [1.54, 1.807) is 11.7 Å².